The first-order valence-corrected chi connectivity index (χ1v) is 7.83. The second-order valence-electron chi connectivity index (χ2n) is 5.20. The molecule has 0 amide bonds. The van der Waals surface area contributed by atoms with Gasteiger partial charge in [0.2, 0.25) is 0 Å². The number of aryl methyl sites for hydroxylation is 1. The van der Waals surface area contributed by atoms with Crippen LogP contribution in [0.4, 0.5) is 0 Å². The minimum Gasteiger partial charge on any atom is -0.493 e. The minimum atomic E-state index is 0.276. The SMILES string of the molecule is CCCOc1ccc(Cl)cc1C(C)Cc1cn(CC)nn1. The lowest BCUT2D eigenvalue weighted by molar-refractivity contribution is 0.312. The smallest absolute Gasteiger partial charge is 0.122 e. The Hall–Kier alpha value is -1.55. The molecular weight excluding hydrogens is 286 g/mol. The fraction of sp³-hybridized carbons (Fsp3) is 0.500. The summed E-state index contributed by atoms with van der Waals surface area (Å²) < 4.78 is 7.67. The van der Waals surface area contributed by atoms with Gasteiger partial charge in [-0.25, -0.2) is 0 Å². The van der Waals surface area contributed by atoms with Gasteiger partial charge in [-0.05, 0) is 49.4 Å². The fourth-order valence-electron chi connectivity index (χ4n) is 2.26. The molecule has 0 radical (unpaired) electrons. The Kier molecular flexibility index (Phi) is 5.62. The van der Waals surface area contributed by atoms with E-state index in [0.717, 1.165) is 41.4 Å². The predicted molar refractivity (Wildman–Crippen MR) is 85.1 cm³/mol. The maximum atomic E-state index is 6.14. The summed E-state index contributed by atoms with van der Waals surface area (Å²) in [5, 5.41) is 9.02. The second-order valence-corrected chi connectivity index (χ2v) is 5.64. The van der Waals surface area contributed by atoms with Gasteiger partial charge in [0, 0.05) is 17.8 Å². The summed E-state index contributed by atoms with van der Waals surface area (Å²) in [5.41, 5.74) is 2.12. The number of nitrogens with zero attached hydrogens (tertiary/aromatic N) is 3. The number of ether oxygens (including phenoxy) is 1. The third-order valence-electron chi connectivity index (χ3n) is 3.39. The van der Waals surface area contributed by atoms with Gasteiger partial charge in [0.25, 0.3) is 0 Å². The van der Waals surface area contributed by atoms with E-state index < -0.39 is 0 Å². The maximum absolute atomic E-state index is 6.14. The van der Waals surface area contributed by atoms with Crippen LogP contribution in [-0.4, -0.2) is 21.6 Å². The highest BCUT2D eigenvalue weighted by Gasteiger charge is 2.15. The fourth-order valence-corrected chi connectivity index (χ4v) is 2.44. The molecule has 1 atom stereocenters. The Morgan fingerprint density at radius 3 is 2.81 bits per heavy atom. The molecule has 0 aliphatic carbocycles. The molecular formula is C16H22ClN3O. The summed E-state index contributed by atoms with van der Waals surface area (Å²) in [7, 11) is 0. The minimum absolute atomic E-state index is 0.276. The third-order valence-corrected chi connectivity index (χ3v) is 3.62. The lowest BCUT2D eigenvalue weighted by atomic mass is 9.95. The Balaban J connectivity index is 2.16. The van der Waals surface area contributed by atoms with E-state index in [4.69, 9.17) is 16.3 Å². The topological polar surface area (TPSA) is 39.9 Å². The molecule has 1 aromatic carbocycles. The van der Waals surface area contributed by atoms with E-state index in [1.54, 1.807) is 0 Å². The van der Waals surface area contributed by atoms with Crippen molar-refractivity contribution >= 4 is 11.6 Å². The van der Waals surface area contributed by atoms with Crippen LogP contribution >= 0.6 is 11.6 Å². The summed E-state index contributed by atoms with van der Waals surface area (Å²) in [5.74, 6) is 1.19. The molecule has 0 aliphatic heterocycles. The van der Waals surface area contributed by atoms with Crippen molar-refractivity contribution in [3.05, 3.63) is 40.7 Å². The molecule has 4 nitrogen and oxygen atoms in total. The molecule has 0 spiro atoms. The summed E-state index contributed by atoms with van der Waals surface area (Å²) in [4.78, 5) is 0. The van der Waals surface area contributed by atoms with Crippen LogP contribution in [0.1, 0.15) is 44.4 Å². The highest BCUT2D eigenvalue weighted by molar-refractivity contribution is 6.30. The Morgan fingerprint density at radius 1 is 1.33 bits per heavy atom. The van der Waals surface area contributed by atoms with Gasteiger partial charge in [0.15, 0.2) is 0 Å². The third kappa shape index (κ3) is 4.21. The van der Waals surface area contributed by atoms with E-state index in [9.17, 15) is 0 Å². The van der Waals surface area contributed by atoms with E-state index in [-0.39, 0.29) is 5.92 Å². The van der Waals surface area contributed by atoms with Crippen molar-refractivity contribution in [2.75, 3.05) is 6.61 Å². The highest BCUT2D eigenvalue weighted by atomic mass is 35.5. The molecule has 21 heavy (non-hydrogen) atoms. The van der Waals surface area contributed by atoms with E-state index in [0.29, 0.717) is 6.61 Å². The van der Waals surface area contributed by atoms with Crippen molar-refractivity contribution < 1.29 is 4.74 Å². The molecule has 0 N–H and O–H groups in total. The molecule has 0 bridgehead atoms. The van der Waals surface area contributed by atoms with Crippen LogP contribution in [0.3, 0.4) is 0 Å². The van der Waals surface area contributed by atoms with E-state index >= 15 is 0 Å². The van der Waals surface area contributed by atoms with Gasteiger partial charge in [0.1, 0.15) is 5.75 Å². The van der Waals surface area contributed by atoms with Crippen molar-refractivity contribution in [2.24, 2.45) is 0 Å². The maximum Gasteiger partial charge on any atom is 0.122 e. The normalized spacial score (nSPS) is 12.4. The van der Waals surface area contributed by atoms with Crippen molar-refractivity contribution in [3.63, 3.8) is 0 Å². The van der Waals surface area contributed by atoms with Gasteiger partial charge < -0.3 is 4.74 Å². The molecule has 114 valence electrons. The molecule has 1 unspecified atom stereocenters. The van der Waals surface area contributed by atoms with E-state index in [1.807, 2.05) is 29.1 Å². The number of halogens is 1. The monoisotopic (exact) mass is 307 g/mol. The van der Waals surface area contributed by atoms with Crippen LogP contribution in [0, 0.1) is 0 Å². The number of rotatable bonds is 7. The van der Waals surface area contributed by atoms with Crippen LogP contribution < -0.4 is 4.74 Å². The van der Waals surface area contributed by atoms with Gasteiger partial charge in [-0.3, -0.25) is 4.68 Å². The largest absolute Gasteiger partial charge is 0.493 e. The van der Waals surface area contributed by atoms with Crippen molar-refractivity contribution in [1.29, 1.82) is 0 Å². The zero-order valence-electron chi connectivity index (χ0n) is 12.8. The molecule has 0 aliphatic rings. The van der Waals surface area contributed by atoms with Gasteiger partial charge >= 0.3 is 0 Å². The van der Waals surface area contributed by atoms with Crippen LogP contribution in [-0.2, 0) is 13.0 Å². The Morgan fingerprint density at radius 2 is 2.14 bits per heavy atom. The van der Waals surface area contributed by atoms with Gasteiger partial charge in [-0.1, -0.05) is 30.7 Å². The molecule has 0 saturated heterocycles. The molecule has 0 fully saturated rings. The molecule has 0 saturated carbocycles. The quantitative estimate of drug-likeness (QED) is 0.773. The van der Waals surface area contributed by atoms with Gasteiger partial charge in [-0.15, -0.1) is 5.10 Å². The Labute approximate surface area is 131 Å². The molecule has 2 aromatic rings. The second kappa shape index (κ2) is 7.46. The van der Waals surface area contributed by atoms with Crippen LogP contribution in [0.25, 0.3) is 0 Å². The average Bonchev–Trinajstić information content (AvgIpc) is 2.93. The number of hydrogen-bond donors (Lipinski definition) is 0. The highest BCUT2D eigenvalue weighted by Crippen LogP contribution is 2.31. The van der Waals surface area contributed by atoms with Crippen LogP contribution in [0.5, 0.6) is 5.75 Å². The van der Waals surface area contributed by atoms with Gasteiger partial charge in [-0.2, -0.15) is 0 Å². The first-order valence-electron chi connectivity index (χ1n) is 7.45. The standard InChI is InChI=1S/C16H22ClN3O/c1-4-8-21-16-7-6-13(17)10-15(16)12(3)9-14-11-20(5-2)19-18-14/h6-7,10-12H,4-5,8-9H2,1-3H3. The summed E-state index contributed by atoms with van der Waals surface area (Å²) in [6, 6.07) is 5.81. The predicted octanol–water partition coefficient (Wildman–Crippen LogP) is 4.09. The lowest BCUT2D eigenvalue weighted by Gasteiger charge is -2.16. The molecule has 1 heterocycles. The molecule has 5 heteroatoms. The first kappa shape index (κ1) is 15.8. The number of aromatic nitrogens is 3. The summed E-state index contributed by atoms with van der Waals surface area (Å²) >= 11 is 6.14. The molecule has 2 rings (SSSR count). The van der Waals surface area contributed by atoms with Gasteiger partial charge in [0.05, 0.1) is 12.3 Å². The summed E-state index contributed by atoms with van der Waals surface area (Å²) in [6.07, 6.45) is 3.80. The van der Waals surface area contributed by atoms with Crippen LogP contribution in [0.15, 0.2) is 24.4 Å². The zero-order valence-corrected chi connectivity index (χ0v) is 13.6. The first-order chi connectivity index (χ1) is 10.1. The van der Waals surface area contributed by atoms with E-state index in [2.05, 4.69) is 31.1 Å². The van der Waals surface area contributed by atoms with Crippen molar-refractivity contribution in [1.82, 2.24) is 15.0 Å². The zero-order chi connectivity index (χ0) is 15.2. The van der Waals surface area contributed by atoms with Crippen LogP contribution in [0.2, 0.25) is 5.02 Å². The number of hydrogen-bond acceptors (Lipinski definition) is 3. The number of benzene rings is 1. The Bertz CT molecular complexity index is 583. The molecule has 1 aromatic heterocycles. The average molecular weight is 308 g/mol. The summed E-state index contributed by atoms with van der Waals surface area (Å²) in [6.45, 7) is 7.86. The van der Waals surface area contributed by atoms with Crippen molar-refractivity contribution in [3.8, 4) is 5.75 Å². The lowest BCUT2D eigenvalue weighted by Crippen LogP contribution is -2.04. The van der Waals surface area contributed by atoms with E-state index in [1.165, 1.54) is 0 Å². The van der Waals surface area contributed by atoms with Crippen molar-refractivity contribution in [2.45, 2.75) is 46.1 Å².